The van der Waals surface area contributed by atoms with Gasteiger partial charge in [0.2, 0.25) is 0 Å². The first kappa shape index (κ1) is 13.0. The van der Waals surface area contributed by atoms with Gasteiger partial charge in [-0.2, -0.15) is 0 Å². The van der Waals surface area contributed by atoms with Gasteiger partial charge in [0.25, 0.3) is 0 Å². The van der Waals surface area contributed by atoms with E-state index in [1.807, 2.05) is 13.8 Å². The molecule has 0 radical (unpaired) electrons. The molecule has 0 bridgehead atoms. The van der Waals surface area contributed by atoms with Crippen LogP contribution in [0.25, 0.3) is 0 Å². The lowest BCUT2D eigenvalue weighted by atomic mass is 9.64. The molecular formula is C14H17FO3. The number of ether oxygens (including phenoxy) is 1. The third kappa shape index (κ3) is 2.01. The summed E-state index contributed by atoms with van der Waals surface area (Å²) in [6.45, 7) is 4.55. The fourth-order valence-corrected chi connectivity index (χ4v) is 2.79. The maximum absolute atomic E-state index is 13.0. The maximum atomic E-state index is 13.0. The van der Waals surface area contributed by atoms with Crippen molar-refractivity contribution in [2.75, 3.05) is 13.2 Å². The molecule has 2 rings (SSSR count). The first-order valence-corrected chi connectivity index (χ1v) is 6.04. The molecule has 1 atom stereocenters. The van der Waals surface area contributed by atoms with Crippen LogP contribution in [-0.2, 0) is 14.9 Å². The van der Waals surface area contributed by atoms with E-state index in [0.717, 1.165) is 5.56 Å². The molecule has 1 heterocycles. The zero-order valence-electron chi connectivity index (χ0n) is 10.5. The van der Waals surface area contributed by atoms with E-state index >= 15 is 0 Å². The minimum Gasteiger partial charge on any atom is -0.481 e. The Labute approximate surface area is 106 Å². The predicted octanol–water partition coefficient (Wildman–Crippen LogP) is 2.45. The molecule has 1 aliphatic rings. The van der Waals surface area contributed by atoms with Crippen LogP contribution in [0.3, 0.4) is 0 Å². The number of aliphatic carboxylic acids is 1. The number of hydrogen-bond donors (Lipinski definition) is 1. The van der Waals surface area contributed by atoms with Gasteiger partial charge in [-0.3, -0.25) is 4.79 Å². The van der Waals surface area contributed by atoms with Gasteiger partial charge in [0.15, 0.2) is 0 Å². The van der Waals surface area contributed by atoms with Crippen LogP contribution in [-0.4, -0.2) is 24.3 Å². The Morgan fingerprint density at radius 2 is 1.89 bits per heavy atom. The van der Waals surface area contributed by atoms with E-state index in [0.29, 0.717) is 13.2 Å². The van der Waals surface area contributed by atoms with E-state index in [-0.39, 0.29) is 11.7 Å². The normalized spacial score (nSPS) is 19.3. The lowest BCUT2D eigenvalue weighted by Gasteiger charge is -2.47. The van der Waals surface area contributed by atoms with Gasteiger partial charge in [-0.05, 0) is 23.6 Å². The van der Waals surface area contributed by atoms with Crippen LogP contribution in [0.5, 0.6) is 0 Å². The SMILES string of the molecule is CC(C)C(C(=O)O)C1(c2ccc(F)cc2)COC1. The van der Waals surface area contributed by atoms with Crippen LogP contribution in [0.1, 0.15) is 19.4 Å². The first-order chi connectivity index (χ1) is 8.47. The molecule has 1 fully saturated rings. The molecule has 3 nitrogen and oxygen atoms in total. The van der Waals surface area contributed by atoms with E-state index in [9.17, 15) is 14.3 Å². The van der Waals surface area contributed by atoms with Crippen molar-refractivity contribution in [3.05, 3.63) is 35.6 Å². The average molecular weight is 252 g/mol. The second-order valence-electron chi connectivity index (χ2n) is 5.22. The Bertz CT molecular complexity index is 435. The van der Waals surface area contributed by atoms with Gasteiger partial charge in [0, 0.05) is 0 Å². The number of hydrogen-bond acceptors (Lipinski definition) is 2. The molecule has 1 aromatic rings. The molecule has 0 spiro atoms. The van der Waals surface area contributed by atoms with Crippen molar-refractivity contribution in [3.8, 4) is 0 Å². The molecule has 18 heavy (non-hydrogen) atoms. The molecule has 0 aromatic heterocycles. The van der Waals surface area contributed by atoms with Gasteiger partial charge in [-0.1, -0.05) is 26.0 Å². The molecule has 0 amide bonds. The molecule has 4 heteroatoms. The Morgan fingerprint density at radius 3 is 2.22 bits per heavy atom. The highest BCUT2D eigenvalue weighted by Gasteiger charge is 2.51. The van der Waals surface area contributed by atoms with Gasteiger partial charge < -0.3 is 9.84 Å². The Balaban J connectivity index is 2.41. The zero-order valence-corrected chi connectivity index (χ0v) is 10.5. The third-order valence-corrected chi connectivity index (χ3v) is 3.67. The quantitative estimate of drug-likeness (QED) is 0.895. The fourth-order valence-electron chi connectivity index (χ4n) is 2.79. The number of halogens is 1. The summed E-state index contributed by atoms with van der Waals surface area (Å²) in [6.07, 6.45) is 0. The van der Waals surface area contributed by atoms with Crippen molar-refractivity contribution in [2.24, 2.45) is 11.8 Å². The van der Waals surface area contributed by atoms with Crippen LogP contribution >= 0.6 is 0 Å². The van der Waals surface area contributed by atoms with Gasteiger partial charge in [0.1, 0.15) is 5.82 Å². The van der Waals surface area contributed by atoms with Crippen LogP contribution in [0.4, 0.5) is 4.39 Å². The summed E-state index contributed by atoms with van der Waals surface area (Å²) in [6, 6.07) is 6.07. The summed E-state index contributed by atoms with van der Waals surface area (Å²) in [5.74, 6) is -1.66. The van der Waals surface area contributed by atoms with Crippen molar-refractivity contribution in [2.45, 2.75) is 19.3 Å². The molecule has 0 aliphatic carbocycles. The second kappa shape index (κ2) is 4.69. The summed E-state index contributed by atoms with van der Waals surface area (Å²) >= 11 is 0. The van der Waals surface area contributed by atoms with Crippen molar-refractivity contribution in [1.82, 2.24) is 0 Å². The van der Waals surface area contributed by atoms with E-state index in [2.05, 4.69) is 0 Å². The fraction of sp³-hybridized carbons (Fsp3) is 0.500. The molecule has 0 saturated carbocycles. The van der Waals surface area contributed by atoms with Crippen LogP contribution in [0, 0.1) is 17.7 Å². The van der Waals surface area contributed by atoms with Crippen molar-refractivity contribution >= 4 is 5.97 Å². The number of carboxylic acid groups (broad SMARTS) is 1. The average Bonchev–Trinajstić information content (AvgIpc) is 2.23. The van der Waals surface area contributed by atoms with Gasteiger partial charge in [-0.25, -0.2) is 4.39 Å². The number of carbonyl (C=O) groups is 1. The summed E-state index contributed by atoms with van der Waals surface area (Å²) in [5.41, 5.74) is 0.324. The minimum atomic E-state index is -0.822. The Hall–Kier alpha value is -1.42. The van der Waals surface area contributed by atoms with E-state index < -0.39 is 17.3 Å². The van der Waals surface area contributed by atoms with Crippen molar-refractivity contribution in [3.63, 3.8) is 0 Å². The van der Waals surface area contributed by atoms with E-state index in [1.54, 1.807) is 12.1 Å². The maximum Gasteiger partial charge on any atom is 0.307 e. The summed E-state index contributed by atoms with van der Waals surface area (Å²) in [5, 5.41) is 9.43. The number of benzene rings is 1. The smallest absolute Gasteiger partial charge is 0.307 e. The number of carboxylic acids is 1. The minimum absolute atomic E-state index is 0.00328. The monoisotopic (exact) mass is 252 g/mol. The summed E-state index contributed by atoms with van der Waals surface area (Å²) < 4.78 is 18.2. The highest BCUT2D eigenvalue weighted by molar-refractivity contribution is 5.73. The second-order valence-corrected chi connectivity index (χ2v) is 5.22. The summed E-state index contributed by atoms with van der Waals surface area (Å²) in [4.78, 5) is 11.5. The van der Waals surface area contributed by atoms with Crippen molar-refractivity contribution in [1.29, 1.82) is 0 Å². The molecule has 1 saturated heterocycles. The van der Waals surface area contributed by atoms with Gasteiger partial charge >= 0.3 is 5.97 Å². The molecule has 1 aromatic carbocycles. The van der Waals surface area contributed by atoms with Crippen LogP contribution < -0.4 is 0 Å². The third-order valence-electron chi connectivity index (χ3n) is 3.67. The number of rotatable bonds is 4. The van der Waals surface area contributed by atoms with E-state index in [4.69, 9.17) is 4.74 Å². The Kier molecular flexibility index (Phi) is 3.39. The van der Waals surface area contributed by atoms with Crippen LogP contribution in [0.15, 0.2) is 24.3 Å². The van der Waals surface area contributed by atoms with Crippen molar-refractivity contribution < 1.29 is 19.0 Å². The molecule has 1 N–H and O–H groups in total. The molecule has 1 unspecified atom stereocenters. The highest BCUT2D eigenvalue weighted by Crippen LogP contribution is 2.43. The standard InChI is InChI=1S/C14H17FO3/c1-9(2)12(13(16)17)14(7-18-8-14)10-3-5-11(15)6-4-10/h3-6,9,12H,7-8H2,1-2H3,(H,16,17). The van der Waals surface area contributed by atoms with Crippen LogP contribution in [0.2, 0.25) is 0 Å². The molecular weight excluding hydrogens is 235 g/mol. The lowest BCUT2D eigenvalue weighted by Crippen LogP contribution is -2.56. The largest absolute Gasteiger partial charge is 0.481 e. The Morgan fingerprint density at radius 1 is 1.33 bits per heavy atom. The zero-order chi connectivity index (χ0) is 13.3. The lowest BCUT2D eigenvalue weighted by molar-refractivity contribution is -0.161. The van der Waals surface area contributed by atoms with Gasteiger partial charge in [0.05, 0.1) is 24.5 Å². The highest BCUT2D eigenvalue weighted by atomic mass is 19.1. The molecule has 98 valence electrons. The van der Waals surface area contributed by atoms with Gasteiger partial charge in [-0.15, -0.1) is 0 Å². The topological polar surface area (TPSA) is 46.5 Å². The predicted molar refractivity (Wildman–Crippen MR) is 64.9 cm³/mol. The first-order valence-electron chi connectivity index (χ1n) is 6.04. The molecule has 1 aliphatic heterocycles. The summed E-state index contributed by atoms with van der Waals surface area (Å²) in [7, 11) is 0. The van der Waals surface area contributed by atoms with E-state index in [1.165, 1.54) is 12.1 Å².